The van der Waals surface area contributed by atoms with Crippen molar-refractivity contribution in [3.8, 4) is 12.3 Å². The molecule has 0 atom stereocenters. The smallest absolute Gasteiger partial charge is 0.336 e. The molecular weight excluding hydrogens is 264 g/mol. The summed E-state index contributed by atoms with van der Waals surface area (Å²) in [6.45, 7) is 1.44. The number of benzene rings is 1. The summed E-state index contributed by atoms with van der Waals surface area (Å²) in [7, 11) is 0. The van der Waals surface area contributed by atoms with Gasteiger partial charge in [-0.1, -0.05) is 12.0 Å². The van der Waals surface area contributed by atoms with Gasteiger partial charge < -0.3 is 10.0 Å². The van der Waals surface area contributed by atoms with Gasteiger partial charge >= 0.3 is 5.97 Å². The van der Waals surface area contributed by atoms with Crippen LogP contribution in [0.15, 0.2) is 30.3 Å². The van der Waals surface area contributed by atoms with Crippen molar-refractivity contribution in [2.75, 3.05) is 18.0 Å². The van der Waals surface area contributed by atoms with Crippen LogP contribution in [-0.4, -0.2) is 29.1 Å². The summed E-state index contributed by atoms with van der Waals surface area (Å²) in [4.78, 5) is 17.9. The molecule has 1 aromatic carbocycles. The van der Waals surface area contributed by atoms with E-state index in [2.05, 4.69) is 15.8 Å². The number of carboxylic acids is 1. The van der Waals surface area contributed by atoms with Crippen LogP contribution in [0.3, 0.4) is 0 Å². The largest absolute Gasteiger partial charge is 0.478 e. The molecule has 21 heavy (non-hydrogen) atoms. The van der Waals surface area contributed by atoms with Crippen LogP contribution in [0, 0.1) is 18.3 Å². The maximum atomic E-state index is 11.2. The Morgan fingerprint density at radius 1 is 1.38 bits per heavy atom. The minimum atomic E-state index is -0.936. The number of terminal acetylenes is 1. The average molecular weight is 280 g/mol. The minimum Gasteiger partial charge on any atom is -0.478 e. The van der Waals surface area contributed by atoms with Crippen LogP contribution in [0.5, 0.6) is 0 Å². The zero-order valence-electron chi connectivity index (χ0n) is 11.6. The maximum Gasteiger partial charge on any atom is 0.336 e. The van der Waals surface area contributed by atoms with Gasteiger partial charge in [0.25, 0.3) is 0 Å². The van der Waals surface area contributed by atoms with Gasteiger partial charge in [-0.15, -0.1) is 6.42 Å². The molecule has 0 aliphatic heterocycles. The summed E-state index contributed by atoms with van der Waals surface area (Å²) >= 11 is 0. The fraction of sp³-hybridized carbons (Fsp3) is 0.294. The number of aromatic nitrogens is 1. The van der Waals surface area contributed by atoms with Crippen molar-refractivity contribution in [2.24, 2.45) is 5.92 Å². The van der Waals surface area contributed by atoms with Gasteiger partial charge in [0.05, 0.1) is 17.6 Å². The van der Waals surface area contributed by atoms with E-state index in [9.17, 15) is 9.90 Å². The Kier molecular flexibility index (Phi) is 3.49. The van der Waals surface area contributed by atoms with Crippen molar-refractivity contribution in [3.63, 3.8) is 0 Å². The van der Waals surface area contributed by atoms with Crippen LogP contribution in [0.25, 0.3) is 10.9 Å². The maximum absolute atomic E-state index is 11.2. The second-order valence-electron chi connectivity index (χ2n) is 5.37. The van der Waals surface area contributed by atoms with Crippen LogP contribution in [0.4, 0.5) is 5.82 Å². The highest BCUT2D eigenvalue weighted by Gasteiger charge is 2.24. The third kappa shape index (κ3) is 2.82. The highest BCUT2D eigenvalue weighted by molar-refractivity contribution is 6.02. The van der Waals surface area contributed by atoms with Crippen molar-refractivity contribution < 1.29 is 9.90 Å². The Balaban J connectivity index is 1.99. The number of anilines is 1. The van der Waals surface area contributed by atoms with Crippen molar-refractivity contribution in [3.05, 3.63) is 35.9 Å². The molecule has 2 aromatic rings. The number of carbonyl (C=O) groups is 1. The standard InChI is InChI=1S/C17H16N2O2/c1-2-10-19(11-12-6-7-12)16-9-8-13-14(17(20)21)4-3-5-15(13)18-16/h1,3-5,8-9,12H,6-7,10-11H2,(H,20,21). The van der Waals surface area contributed by atoms with Gasteiger partial charge in [-0.2, -0.15) is 0 Å². The molecule has 1 aliphatic carbocycles. The van der Waals surface area contributed by atoms with Crippen molar-refractivity contribution in [1.29, 1.82) is 0 Å². The fourth-order valence-corrected chi connectivity index (χ4v) is 2.47. The molecule has 1 N–H and O–H groups in total. The van der Waals surface area contributed by atoms with E-state index in [1.807, 2.05) is 18.2 Å². The number of nitrogens with zero attached hydrogens (tertiary/aromatic N) is 2. The topological polar surface area (TPSA) is 53.4 Å². The van der Waals surface area contributed by atoms with Gasteiger partial charge in [0, 0.05) is 11.9 Å². The zero-order valence-corrected chi connectivity index (χ0v) is 11.6. The van der Waals surface area contributed by atoms with Crippen LogP contribution >= 0.6 is 0 Å². The van der Waals surface area contributed by atoms with E-state index in [0.29, 0.717) is 23.4 Å². The predicted molar refractivity (Wildman–Crippen MR) is 82.5 cm³/mol. The number of carboxylic acid groups (broad SMARTS) is 1. The summed E-state index contributed by atoms with van der Waals surface area (Å²) in [6, 6.07) is 8.81. The fourth-order valence-electron chi connectivity index (χ4n) is 2.47. The number of aromatic carboxylic acids is 1. The van der Waals surface area contributed by atoms with Crippen LogP contribution in [-0.2, 0) is 0 Å². The molecule has 1 aliphatic rings. The zero-order chi connectivity index (χ0) is 14.8. The van der Waals surface area contributed by atoms with Gasteiger partial charge in [0.2, 0.25) is 0 Å². The molecule has 0 spiro atoms. The Bertz CT molecular complexity index is 729. The lowest BCUT2D eigenvalue weighted by molar-refractivity contribution is 0.0699. The van der Waals surface area contributed by atoms with Gasteiger partial charge in [-0.05, 0) is 43.0 Å². The molecule has 0 bridgehead atoms. The lowest BCUT2D eigenvalue weighted by Crippen LogP contribution is -2.26. The van der Waals surface area contributed by atoms with Crippen LogP contribution < -0.4 is 4.90 Å². The first-order chi connectivity index (χ1) is 10.2. The molecule has 1 fully saturated rings. The van der Waals surface area contributed by atoms with Crippen molar-refractivity contribution in [1.82, 2.24) is 4.98 Å². The third-order valence-electron chi connectivity index (χ3n) is 3.73. The molecule has 0 saturated heterocycles. The highest BCUT2D eigenvalue weighted by atomic mass is 16.4. The summed E-state index contributed by atoms with van der Waals surface area (Å²) in [5.41, 5.74) is 0.961. The number of hydrogen-bond donors (Lipinski definition) is 1. The van der Waals surface area contributed by atoms with E-state index in [4.69, 9.17) is 6.42 Å². The Morgan fingerprint density at radius 3 is 2.86 bits per heavy atom. The highest BCUT2D eigenvalue weighted by Crippen LogP contribution is 2.31. The summed E-state index contributed by atoms with van der Waals surface area (Å²) in [6.07, 6.45) is 7.94. The molecule has 0 radical (unpaired) electrons. The number of rotatable bonds is 5. The Morgan fingerprint density at radius 2 is 2.19 bits per heavy atom. The Labute approximate surface area is 123 Å². The summed E-state index contributed by atoms with van der Waals surface area (Å²) < 4.78 is 0. The second kappa shape index (κ2) is 5.45. The van der Waals surface area contributed by atoms with E-state index in [-0.39, 0.29) is 5.56 Å². The first kappa shape index (κ1) is 13.4. The summed E-state index contributed by atoms with van der Waals surface area (Å²) in [5.74, 6) is 3.26. The molecule has 4 heteroatoms. The lowest BCUT2D eigenvalue weighted by atomic mass is 10.1. The summed E-state index contributed by atoms with van der Waals surface area (Å²) in [5, 5.41) is 9.86. The molecule has 1 aromatic heterocycles. The Hall–Kier alpha value is -2.54. The third-order valence-corrected chi connectivity index (χ3v) is 3.73. The van der Waals surface area contributed by atoms with Gasteiger partial charge in [0.15, 0.2) is 0 Å². The average Bonchev–Trinajstić information content (AvgIpc) is 3.29. The number of pyridine rings is 1. The molecule has 106 valence electrons. The van der Waals surface area contributed by atoms with E-state index >= 15 is 0 Å². The number of hydrogen-bond acceptors (Lipinski definition) is 3. The molecule has 1 heterocycles. The van der Waals surface area contributed by atoms with Crippen LogP contribution in [0.2, 0.25) is 0 Å². The molecule has 0 amide bonds. The van der Waals surface area contributed by atoms with Gasteiger partial charge in [-0.3, -0.25) is 0 Å². The predicted octanol–water partition coefficient (Wildman–Crippen LogP) is 2.78. The van der Waals surface area contributed by atoms with Crippen molar-refractivity contribution in [2.45, 2.75) is 12.8 Å². The van der Waals surface area contributed by atoms with Crippen molar-refractivity contribution >= 4 is 22.7 Å². The van der Waals surface area contributed by atoms with Gasteiger partial charge in [0.1, 0.15) is 5.82 Å². The van der Waals surface area contributed by atoms with E-state index in [1.165, 1.54) is 12.8 Å². The number of fused-ring (bicyclic) bond motifs is 1. The molecule has 3 rings (SSSR count). The molecule has 1 saturated carbocycles. The van der Waals surface area contributed by atoms with Crippen LogP contribution in [0.1, 0.15) is 23.2 Å². The first-order valence-corrected chi connectivity index (χ1v) is 7.00. The monoisotopic (exact) mass is 280 g/mol. The molecule has 0 unspecified atom stereocenters. The molecular formula is C17H16N2O2. The molecule has 4 nitrogen and oxygen atoms in total. The first-order valence-electron chi connectivity index (χ1n) is 7.00. The SMILES string of the molecule is C#CCN(CC1CC1)c1ccc2c(C(=O)O)cccc2n1. The van der Waals surface area contributed by atoms with E-state index in [0.717, 1.165) is 12.4 Å². The minimum absolute atomic E-state index is 0.275. The quantitative estimate of drug-likeness (QED) is 0.856. The normalized spacial score (nSPS) is 13.9. The second-order valence-corrected chi connectivity index (χ2v) is 5.37. The van der Waals surface area contributed by atoms with E-state index in [1.54, 1.807) is 12.1 Å². The van der Waals surface area contributed by atoms with E-state index < -0.39 is 5.97 Å². The van der Waals surface area contributed by atoms with Gasteiger partial charge in [-0.25, -0.2) is 9.78 Å². The lowest BCUT2D eigenvalue weighted by Gasteiger charge is -2.21.